The second kappa shape index (κ2) is 5.01. The second-order valence-electron chi connectivity index (χ2n) is 4.96. The number of fused-ring (bicyclic) bond motifs is 1. The molecule has 0 saturated heterocycles. The summed E-state index contributed by atoms with van der Waals surface area (Å²) in [6.07, 6.45) is -3.05. The molecule has 8 heteroatoms. The van der Waals surface area contributed by atoms with E-state index >= 15 is 0 Å². The van der Waals surface area contributed by atoms with Crippen LogP contribution in [-0.4, -0.2) is 9.49 Å². The van der Waals surface area contributed by atoms with Crippen LogP contribution in [0.3, 0.4) is 0 Å². The van der Waals surface area contributed by atoms with Crippen LogP contribution >= 0.6 is 0 Å². The van der Waals surface area contributed by atoms with Crippen molar-refractivity contribution in [2.75, 3.05) is 5.73 Å². The van der Waals surface area contributed by atoms with Crippen LogP contribution < -0.4 is 5.73 Å². The summed E-state index contributed by atoms with van der Waals surface area (Å²) in [5.74, 6) is 0. The number of nitro groups is 1. The SMILES string of the molecule is Nc1cc(-n2ccc3c([N+](=O)[O-])cccc32)cc(C(F)(F)F)c1. The first kappa shape index (κ1) is 14.9. The lowest BCUT2D eigenvalue weighted by Crippen LogP contribution is -2.07. The van der Waals surface area contributed by atoms with Crippen LogP contribution in [0, 0.1) is 10.1 Å². The van der Waals surface area contributed by atoms with Crippen LogP contribution in [0.5, 0.6) is 0 Å². The van der Waals surface area contributed by atoms with E-state index in [1.807, 2.05) is 0 Å². The lowest BCUT2D eigenvalue weighted by Gasteiger charge is -2.12. The van der Waals surface area contributed by atoms with E-state index in [-0.39, 0.29) is 17.1 Å². The van der Waals surface area contributed by atoms with Crippen molar-refractivity contribution in [3.8, 4) is 5.69 Å². The molecule has 23 heavy (non-hydrogen) atoms. The number of nitrogen functional groups attached to an aromatic ring is 1. The Labute approximate surface area is 127 Å². The molecule has 0 atom stereocenters. The molecule has 3 rings (SSSR count). The Hall–Kier alpha value is -3.03. The summed E-state index contributed by atoms with van der Waals surface area (Å²) in [5.41, 5.74) is 5.15. The molecule has 3 aromatic rings. The van der Waals surface area contributed by atoms with Gasteiger partial charge >= 0.3 is 6.18 Å². The van der Waals surface area contributed by atoms with E-state index in [9.17, 15) is 23.3 Å². The predicted octanol–water partition coefficient (Wildman–Crippen LogP) is 4.14. The number of hydrogen-bond donors (Lipinski definition) is 1. The average Bonchev–Trinajstić information content (AvgIpc) is 2.89. The third-order valence-electron chi connectivity index (χ3n) is 3.45. The van der Waals surface area contributed by atoms with Crippen molar-refractivity contribution in [1.82, 2.24) is 4.57 Å². The Bertz CT molecular complexity index is 916. The van der Waals surface area contributed by atoms with Gasteiger partial charge in [0.1, 0.15) is 0 Å². The van der Waals surface area contributed by atoms with Gasteiger partial charge in [-0.1, -0.05) is 6.07 Å². The molecule has 5 nitrogen and oxygen atoms in total. The highest BCUT2D eigenvalue weighted by Crippen LogP contribution is 2.34. The van der Waals surface area contributed by atoms with E-state index in [4.69, 9.17) is 5.73 Å². The van der Waals surface area contributed by atoms with Gasteiger partial charge in [0.15, 0.2) is 0 Å². The number of nitro benzene ring substituents is 1. The molecule has 0 bridgehead atoms. The van der Waals surface area contributed by atoms with Crippen molar-refractivity contribution in [2.24, 2.45) is 0 Å². The summed E-state index contributed by atoms with van der Waals surface area (Å²) in [5, 5.41) is 11.4. The zero-order valence-corrected chi connectivity index (χ0v) is 11.5. The molecule has 2 aromatic carbocycles. The number of aromatic nitrogens is 1. The average molecular weight is 321 g/mol. The van der Waals surface area contributed by atoms with Gasteiger partial charge in [0.25, 0.3) is 5.69 Å². The molecule has 0 fully saturated rings. The number of rotatable bonds is 2. The fourth-order valence-electron chi connectivity index (χ4n) is 2.47. The molecule has 0 aliphatic rings. The van der Waals surface area contributed by atoms with E-state index in [1.54, 1.807) is 6.07 Å². The summed E-state index contributed by atoms with van der Waals surface area (Å²) >= 11 is 0. The minimum Gasteiger partial charge on any atom is -0.399 e. The smallest absolute Gasteiger partial charge is 0.399 e. The molecule has 0 amide bonds. The van der Waals surface area contributed by atoms with Gasteiger partial charge in [-0.15, -0.1) is 0 Å². The van der Waals surface area contributed by atoms with Gasteiger partial charge in [0.05, 0.1) is 21.4 Å². The van der Waals surface area contributed by atoms with E-state index in [0.717, 1.165) is 12.1 Å². The van der Waals surface area contributed by atoms with Crippen molar-refractivity contribution in [3.63, 3.8) is 0 Å². The number of nitrogens with two attached hydrogens (primary N) is 1. The topological polar surface area (TPSA) is 74.1 Å². The van der Waals surface area contributed by atoms with E-state index in [0.29, 0.717) is 10.9 Å². The van der Waals surface area contributed by atoms with Gasteiger partial charge < -0.3 is 10.3 Å². The van der Waals surface area contributed by atoms with Crippen LogP contribution in [0.1, 0.15) is 5.56 Å². The molecular weight excluding hydrogens is 311 g/mol. The number of anilines is 1. The summed E-state index contributed by atoms with van der Waals surface area (Å²) in [6, 6.07) is 9.09. The van der Waals surface area contributed by atoms with Crippen molar-refractivity contribution in [2.45, 2.75) is 6.18 Å². The highest BCUT2D eigenvalue weighted by Gasteiger charge is 2.31. The molecule has 0 radical (unpaired) electrons. The van der Waals surface area contributed by atoms with Crippen LogP contribution in [0.4, 0.5) is 24.5 Å². The lowest BCUT2D eigenvalue weighted by atomic mass is 10.1. The molecule has 0 saturated carbocycles. The summed E-state index contributed by atoms with van der Waals surface area (Å²) in [7, 11) is 0. The Morgan fingerprint density at radius 2 is 1.87 bits per heavy atom. The normalized spacial score (nSPS) is 11.8. The molecule has 1 aromatic heterocycles. The molecule has 0 aliphatic heterocycles. The van der Waals surface area contributed by atoms with Crippen molar-refractivity contribution >= 4 is 22.3 Å². The molecular formula is C15H10F3N3O2. The standard InChI is InChI=1S/C15H10F3N3O2/c16-15(17,18)9-6-10(19)8-11(7-9)20-5-4-12-13(20)2-1-3-14(12)21(22)23/h1-8H,19H2. The highest BCUT2D eigenvalue weighted by molar-refractivity contribution is 5.90. The Morgan fingerprint density at radius 1 is 1.13 bits per heavy atom. The van der Waals surface area contributed by atoms with E-state index < -0.39 is 16.7 Å². The van der Waals surface area contributed by atoms with Crippen molar-refractivity contribution in [3.05, 3.63) is 64.3 Å². The van der Waals surface area contributed by atoms with Gasteiger partial charge in [-0.05, 0) is 30.3 Å². The Morgan fingerprint density at radius 3 is 2.52 bits per heavy atom. The zero-order chi connectivity index (χ0) is 16.8. The molecule has 1 heterocycles. The number of nitrogens with zero attached hydrogens (tertiary/aromatic N) is 2. The predicted molar refractivity (Wildman–Crippen MR) is 79.3 cm³/mol. The van der Waals surface area contributed by atoms with Gasteiger partial charge in [0.2, 0.25) is 0 Å². The minimum absolute atomic E-state index is 0.0397. The minimum atomic E-state index is -4.53. The first-order chi connectivity index (χ1) is 10.8. The molecule has 2 N–H and O–H groups in total. The van der Waals surface area contributed by atoms with Crippen LogP contribution in [0.25, 0.3) is 16.6 Å². The summed E-state index contributed by atoms with van der Waals surface area (Å²) in [6.45, 7) is 0. The first-order valence-electron chi connectivity index (χ1n) is 6.50. The van der Waals surface area contributed by atoms with Gasteiger partial charge in [0, 0.05) is 23.6 Å². The fraction of sp³-hybridized carbons (Fsp3) is 0.0667. The summed E-state index contributed by atoms with van der Waals surface area (Å²) < 4.78 is 40.2. The maximum absolute atomic E-state index is 12.9. The van der Waals surface area contributed by atoms with Crippen LogP contribution in [0.2, 0.25) is 0 Å². The number of non-ortho nitro benzene ring substituents is 1. The highest BCUT2D eigenvalue weighted by atomic mass is 19.4. The number of hydrogen-bond acceptors (Lipinski definition) is 3. The lowest BCUT2D eigenvalue weighted by molar-refractivity contribution is -0.383. The fourth-order valence-corrected chi connectivity index (χ4v) is 2.47. The van der Waals surface area contributed by atoms with E-state index in [1.165, 1.54) is 35.0 Å². The quantitative estimate of drug-likeness (QED) is 0.438. The molecule has 0 aliphatic carbocycles. The third-order valence-corrected chi connectivity index (χ3v) is 3.45. The van der Waals surface area contributed by atoms with Gasteiger partial charge in [-0.3, -0.25) is 10.1 Å². The molecule has 0 spiro atoms. The van der Waals surface area contributed by atoms with Crippen molar-refractivity contribution in [1.29, 1.82) is 0 Å². The monoisotopic (exact) mass is 321 g/mol. The Kier molecular flexibility index (Phi) is 3.24. The molecule has 118 valence electrons. The summed E-state index contributed by atoms with van der Waals surface area (Å²) in [4.78, 5) is 10.5. The maximum Gasteiger partial charge on any atom is 0.416 e. The second-order valence-corrected chi connectivity index (χ2v) is 4.96. The Balaban J connectivity index is 2.24. The van der Waals surface area contributed by atoms with Crippen molar-refractivity contribution < 1.29 is 18.1 Å². The van der Waals surface area contributed by atoms with E-state index in [2.05, 4.69) is 0 Å². The third kappa shape index (κ3) is 2.59. The largest absolute Gasteiger partial charge is 0.416 e. The number of benzene rings is 2. The first-order valence-corrected chi connectivity index (χ1v) is 6.50. The van der Waals surface area contributed by atoms with Crippen LogP contribution in [-0.2, 0) is 6.18 Å². The van der Waals surface area contributed by atoms with Gasteiger partial charge in [-0.25, -0.2) is 0 Å². The maximum atomic E-state index is 12.9. The molecule has 0 unspecified atom stereocenters. The van der Waals surface area contributed by atoms with Crippen LogP contribution in [0.15, 0.2) is 48.7 Å². The van der Waals surface area contributed by atoms with Gasteiger partial charge in [-0.2, -0.15) is 13.2 Å². The number of alkyl halides is 3. The zero-order valence-electron chi connectivity index (χ0n) is 11.5. The number of halogens is 3.